The first-order valence-electron chi connectivity index (χ1n) is 5.78. The number of anilines is 2. The van der Waals surface area contributed by atoms with E-state index in [4.69, 9.17) is 10.4 Å². The van der Waals surface area contributed by atoms with Crippen LogP contribution in [-0.4, -0.2) is 12.2 Å². The lowest BCUT2D eigenvalue weighted by molar-refractivity contribution is 0.281. The first kappa shape index (κ1) is 13.1. The molecule has 2 aromatic rings. The van der Waals surface area contributed by atoms with Crippen LogP contribution in [0.2, 0.25) is 0 Å². The van der Waals surface area contributed by atoms with Crippen LogP contribution in [0.25, 0.3) is 0 Å². The molecule has 96 valence electrons. The first-order valence-corrected chi connectivity index (χ1v) is 5.78. The van der Waals surface area contributed by atoms with E-state index in [0.29, 0.717) is 16.8 Å². The predicted octanol–water partition coefficient (Wildman–Crippen LogP) is 2.96. The summed E-state index contributed by atoms with van der Waals surface area (Å²) in [5, 5.41) is 17.8. The molecule has 2 rings (SSSR count). The largest absolute Gasteiger partial charge is 0.392 e. The topological polar surface area (TPSA) is 47.3 Å². The van der Waals surface area contributed by atoms with Crippen molar-refractivity contribution in [2.24, 2.45) is 0 Å². The van der Waals surface area contributed by atoms with E-state index in [0.717, 1.165) is 5.69 Å². The van der Waals surface area contributed by atoms with Gasteiger partial charge < -0.3 is 10.0 Å². The minimum atomic E-state index is -0.387. The van der Waals surface area contributed by atoms with Crippen LogP contribution in [0, 0.1) is 17.1 Å². The standard InChI is InChI=1S/C15H13FN2O/c1-18(14-4-2-11(9-17)3-5-14)15-7-12(10-19)6-13(16)8-15/h2-8,19H,10H2,1H3. The normalized spacial score (nSPS) is 10.0. The van der Waals surface area contributed by atoms with Gasteiger partial charge in [0.05, 0.1) is 18.2 Å². The maximum Gasteiger partial charge on any atom is 0.125 e. The van der Waals surface area contributed by atoms with Gasteiger partial charge in [0.1, 0.15) is 5.82 Å². The lowest BCUT2D eigenvalue weighted by atomic mass is 10.1. The number of aliphatic hydroxyl groups excluding tert-OH is 1. The molecule has 0 aliphatic heterocycles. The van der Waals surface area contributed by atoms with Crippen LogP contribution in [0.3, 0.4) is 0 Å². The van der Waals surface area contributed by atoms with Gasteiger partial charge in [-0.2, -0.15) is 5.26 Å². The maximum absolute atomic E-state index is 13.4. The first-order chi connectivity index (χ1) is 9.13. The van der Waals surface area contributed by atoms with Crippen LogP contribution in [-0.2, 0) is 6.61 Å². The summed E-state index contributed by atoms with van der Waals surface area (Å²) >= 11 is 0. The Bertz CT molecular complexity index is 617. The van der Waals surface area contributed by atoms with Gasteiger partial charge in [-0.15, -0.1) is 0 Å². The second-order valence-corrected chi connectivity index (χ2v) is 4.19. The average molecular weight is 256 g/mol. The molecule has 0 saturated heterocycles. The predicted molar refractivity (Wildman–Crippen MR) is 71.5 cm³/mol. The second kappa shape index (κ2) is 5.51. The summed E-state index contributed by atoms with van der Waals surface area (Å²) in [6.07, 6.45) is 0. The van der Waals surface area contributed by atoms with E-state index in [1.54, 1.807) is 42.3 Å². The molecule has 19 heavy (non-hydrogen) atoms. The van der Waals surface area contributed by atoms with Crippen molar-refractivity contribution < 1.29 is 9.50 Å². The quantitative estimate of drug-likeness (QED) is 0.918. The Balaban J connectivity index is 2.35. The third-order valence-electron chi connectivity index (χ3n) is 2.90. The van der Waals surface area contributed by atoms with E-state index >= 15 is 0 Å². The lowest BCUT2D eigenvalue weighted by Crippen LogP contribution is -2.10. The minimum absolute atomic E-state index is 0.202. The summed E-state index contributed by atoms with van der Waals surface area (Å²) in [4.78, 5) is 1.80. The molecule has 0 atom stereocenters. The van der Waals surface area contributed by atoms with Crippen LogP contribution in [0.5, 0.6) is 0 Å². The molecule has 4 heteroatoms. The van der Waals surface area contributed by atoms with E-state index in [1.165, 1.54) is 12.1 Å². The molecule has 0 aliphatic carbocycles. The van der Waals surface area contributed by atoms with Crippen molar-refractivity contribution in [3.05, 3.63) is 59.4 Å². The number of nitrogens with zero attached hydrogens (tertiary/aromatic N) is 2. The van der Waals surface area contributed by atoms with Gasteiger partial charge in [-0.05, 0) is 48.0 Å². The molecule has 0 unspecified atom stereocenters. The number of hydrogen-bond acceptors (Lipinski definition) is 3. The van der Waals surface area contributed by atoms with Crippen molar-refractivity contribution in [3.8, 4) is 6.07 Å². The smallest absolute Gasteiger partial charge is 0.125 e. The van der Waals surface area contributed by atoms with Crippen LogP contribution in [0.15, 0.2) is 42.5 Å². The molecule has 0 spiro atoms. The van der Waals surface area contributed by atoms with Crippen molar-refractivity contribution in [1.82, 2.24) is 0 Å². The number of aliphatic hydroxyl groups is 1. The van der Waals surface area contributed by atoms with Gasteiger partial charge in [0.25, 0.3) is 0 Å². The third kappa shape index (κ3) is 2.90. The third-order valence-corrected chi connectivity index (χ3v) is 2.90. The molecule has 0 aromatic heterocycles. The summed E-state index contributed by atoms with van der Waals surface area (Å²) < 4.78 is 13.4. The second-order valence-electron chi connectivity index (χ2n) is 4.19. The highest BCUT2D eigenvalue weighted by Gasteiger charge is 2.07. The fourth-order valence-electron chi connectivity index (χ4n) is 1.83. The summed E-state index contributed by atoms with van der Waals surface area (Å²) in [5.74, 6) is -0.387. The highest BCUT2D eigenvalue weighted by atomic mass is 19.1. The highest BCUT2D eigenvalue weighted by molar-refractivity contribution is 5.63. The van der Waals surface area contributed by atoms with Crippen LogP contribution in [0.1, 0.15) is 11.1 Å². The summed E-state index contributed by atoms with van der Waals surface area (Å²) in [7, 11) is 1.80. The van der Waals surface area contributed by atoms with Crippen molar-refractivity contribution in [3.63, 3.8) is 0 Å². The van der Waals surface area contributed by atoms with Crippen LogP contribution >= 0.6 is 0 Å². The SMILES string of the molecule is CN(c1ccc(C#N)cc1)c1cc(F)cc(CO)c1. The zero-order valence-electron chi connectivity index (χ0n) is 10.5. The Morgan fingerprint density at radius 2 is 1.84 bits per heavy atom. The number of hydrogen-bond donors (Lipinski definition) is 1. The van der Waals surface area contributed by atoms with Gasteiger partial charge in [0.2, 0.25) is 0 Å². The van der Waals surface area contributed by atoms with E-state index in [-0.39, 0.29) is 12.4 Å². The Hall–Kier alpha value is -2.38. The molecule has 0 bridgehead atoms. The Kier molecular flexibility index (Phi) is 3.79. The van der Waals surface area contributed by atoms with Crippen molar-refractivity contribution >= 4 is 11.4 Å². The zero-order chi connectivity index (χ0) is 13.8. The fraction of sp³-hybridized carbons (Fsp3) is 0.133. The highest BCUT2D eigenvalue weighted by Crippen LogP contribution is 2.25. The monoisotopic (exact) mass is 256 g/mol. The van der Waals surface area contributed by atoms with Gasteiger partial charge in [-0.25, -0.2) is 4.39 Å². The maximum atomic E-state index is 13.4. The Morgan fingerprint density at radius 1 is 1.16 bits per heavy atom. The molecule has 3 nitrogen and oxygen atoms in total. The summed E-state index contributed by atoms with van der Waals surface area (Å²) in [6, 6.07) is 13.5. The van der Waals surface area contributed by atoms with Gasteiger partial charge >= 0.3 is 0 Å². The molecule has 0 heterocycles. The van der Waals surface area contributed by atoms with Gasteiger partial charge in [-0.1, -0.05) is 0 Å². The van der Waals surface area contributed by atoms with Crippen LogP contribution < -0.4 is 4.90 Å². The van der Waals surface area contributed by atoms with E-state index in [1.807, 2.05) is 6.07 Å². The minimum Gasteiger partial charge on any atom is -0.392 e. The molecule has 1 N–H and O–H groups in total. The van der Waals surface area contributed by atoms with Gasteiger partial charge in [0.15, 0.2) is 0 Å². The Labute approximate surface area is 111 Å². The molecular formula is C15H13FN2O. The molecule has 0 aliphatic rings. The van der Waals surface area contributed by atoms with Gasteiger partial charge in [0, 0.05) is 18.4 Å². The number of nitriles is 1. The van der Waals surface area contributed by atoms with Crippen LogP contribution in [0.4, 0.5) is 15.8 Å². The van der Waals surface area contributed by atoms with E-state index in [9.17, 15) is 4.39 Å². The molecular weight excluding hydrogens is 243 g/mol. The average Bonchev–Trinajstić information content (AvgIpc) is 2.46. The van der Waals surface area contributed by atoms with Gasteiger partial charge in [-0.3, -0.25) is 0 Å². The van der Waals surface area contributed by atoms with Crippen molar-refractivity contribution in [1.29, 1.82) is 5.26 Å². The molecule has 0 radical (unpaired) electrons. The molecule has 0 fully saturated rings. The summed E-state index contributed by atoms with van der Waals surface area (Å²) in [6.45, 7) is -0.202. The number of benzene rings is 2. The summed E-state index contributed by atoms with van der Waals surface area (Å²) in [5.41, 5.74) is 2.59. The fourth-order valence-corrected chi connectivity index (χ4v) is 1.83. The lowest BCUT2D eigenvalue weighted by Gasteiger charge is -2.20. The molecule has 0 saturated carbocycles. The number of rotatable bonds is 3. The number of halogens is 1. The Morgan fingerprint density at radius 3 is 2.42 bits per heavy atom. The van der Waals surface area contributed by atoms with E-state index in [2.05, 4.69) is 0 Å². The molecule has 0 amide bonds. The van der Waals surface area contributed by atoms with Crippen molar-refractivity contribution in [2.45, 2.75) is 6.61 Å². The van der Waals surface area contributed by atoms with Crippen molar-refractivity contribution in [2.75, 3.05) is 11.9 Å². The molecule has 2 aromatic carbocycles. The van der Waals surface area contributed by atoms with E-state index < -0.39 is 0 Å². The zero-order valence-corrected chi connectivity index (χ0v) is 10.5.